The van der Waals surface area contributed by atoms with Gasteiger partial charge in [0.2, 0.25) is 0 Å². The Bertz CT molecular complexity index is 595. The summed E-state index contributed by atoms with van der Waals surface area (Å²) in [5, 5.41) is 0.756. The van der Waals surface area contributed by atoms with E-state index in [4.69, 9.17) is 23.2 Å². The average molecular weight is 292 g/mol. The number of rotatable bonds is 2. The summed E-state index contributed by atoms with van der Waals surface area (Å²) in [6, 6.07) is 14.6. The minimum Gasteiger partial charge on any atom is -0.367 e. The topological polar surface area (TPSA) is 3.24 Å². The molecule has 1 nitrogen and oxygen atoms in total. The van der Waals surface area contributed by atoms with Crippen LogP contribution in [0.15, 0.2) is 42.5 Å². The van der Waals surface area contributed by atoms with Gasteiger partial charge in [-0.1, -0.05) is 41.9 Å². The first kappa shape index (κ1) is 12.8. The van der Waals surface area contributed by atoms with Gasteiger partial charge in [0.15, 0.2) is 0 Å². The van der Waals surface area contributed by atoms with E-state index in [1.54, 1.807) is 0 Å². The SMILES string of the molecule is ClCc1c(Cl)cccc1N1CCc2ccccc2C1. The van der Waals surface area contributed by atoms with E-state index in [9.17, 15) is 0 Å². The van der Waals surface area contributed by atoms with E-state index in [0.717, 1.165) is 35.8 Å². The lowest BCUT2D eigenvalue weighted by Gasteiger charge is -2.32. The lowest BCUT2D eigenvalue weighted by molar-refractivity contribution is 0.729. The molecule has 0 spiro atoms. The molecule has 0 atom stereocenters. The summed E-state index contributed by atoms with van der Waals surface area (Å²) >= 11 is 12.3. The van der Waals surface area contributed by atoms with E-state index in [1.165, 1.54) is 11.1 Å². The quantitative estimate of drug-likeness (QED) is 0.729. The fourth-order valence-corrected chi connectivity index (χ4v) is 3.26. The standard InChI is InChI=1S/C16H15Cl2N/c17-10-14-15(18)6-3-7-16(14)19-9-8-12-4-1-2-5-13(12)11-19/h1-7H,8-11H2. The molecule has 2 aromatic carbocycles. The average Bonchev–Trinajstić information content (AvgIpc) is 2.46. The number of hydrogen-bond donors (Lipinski definition) is 0. The van der Waals surface area contributed by atoms with Crippen LogP contribution < -0.4 is 4.90 Å². The Balaban J connectivity index is 1.95. The van der Waals surface area contributed by atoms with Crippen LogP contribution in [0.4, 0.5) is 5.69 Å². The van der Waals surface area contributed by atoms with Crippen molar-refractivity contribution in [3.05, 3.63) is 64.2 Å². The molecule has 0 bridgehead atoms. The molecule has 0 amide bonds. The van der Waals surface area contributed by atoms with E-state index >= 15 is 0 Å². The third-order valence-electron chi connectivity index (χ3n) is 3.70. The smallest absolute Gasteiger partial charge is 0.0509 e. The minimum atomic E-state index is 0.452. The number of fused-ring (bicyclic) bond motifs is 1. The van der Waals surface area contributed by atoms with Crippen molar-refractivity contribution in [2.45, 2.75) is 18.8 Å². The molecule has 19 heavy (non-hydrogen) atoms. The predicted molar refractivity (Wildman–Crippen MR) is 82.2 cm³/mol. The minimum absolute atomic E-state index is 0.452. The zero-order valence-electron chi connectivity index (χ0n) is 10.6. The Morgan fingerprint density at radius 2 is 1.79 bits per heavy atom. The molecule has 0 aliphatic carbocycles. The van der Waals surface area contributed by atoms with Crippen LogP contribution in [0.1, 0.15) is 16.7 Å². The van der Waals surface area contributed by atoms with Gasteiger partial charge in [-0.05, 0) is 29.7 Å². The first-order chi connectivity index (χ1) is 9.29. The van der Waals surface area contributed by atoms with Crippen molar-refractivity contribution in [2.24, 2.45) is 0 Å². The van der Waals surface area contributed by atoms with E-state index < -0.39 is 0 Å². The molecule has 3 heteroatoms. The molecule has 3 rings (SSSR count). The van der Waals surface area contributed by atoms with Crippen LogP contribution in [0.5, 0.6) is 0 Å². The van der Waals surface area contributed by atoms with E-state index in [1.807, 2.05) is 12.1 Å². The van der Waals surface area contributed by atoms with Crippen molar-refractivity contribution in [2.75, 3.05) is 11.4 Å². The summed E-state index contributed by atoms with van der Waals surface area (Å²) in [5.74, 6) is 0.452. The second-order valence-corrected chi connectivity index (χ2v) is 5.49. The van der Waals surface area contributed by atoms with Gasteiger partial charge in [-0.15, -0.1) is 11.6 Å². The van der Waals surface area contributed by atoms with E-state index in [0.29, 0.717) is 5.88 Å². The number of hydrogen-bond acceptors (Lipinski definition) is 1. The van der Waals surface area contributed by atoms with Gasteiger partial charge in [-0.2, -0.15) is 0 Å². The van der Waals surface area contributed by atoms with Crippen molar-refractivity contribution in [3.63, 3.8) is 0 Å². The molecule has 0 saturated carbocycles. The number of anilines is 1. The van der Waals surface area contributed by atoms with Gasteiger partial charge in [-0.3, -0.25) is 0 Å². The highest BCUT2D eigenvalue weighted by Gasteiger charge is 2.19. The highest BCUT2D eigenvalue weighted by molar-refractivity contribution is 6.32. The van der Waals surface area contributed by atoms with Crippen LogP contribution >= 0.6 is 23.2 Å². The molecule has 0 aromatic heterocycles. The Kier molecular flexibility index (Phi) is 3.67. The molecule has 0 N–H and O–H groups in total. The van der Waals surface area contributed by atoms with Crippen molar-refractivity contribution in [1.82, 2.24) is 0 Å². The van der Waals surface area contributed by atoms with E-state index in [2.05, 4.69) is 35.2 Å². The van der Waals surface area contributed by atoms with Crippen LogP contribution in [0.25, 0.3) is 0 Å². The number of benzene rings is 2. The maximum atomic E-state index is 6.24. The Hall–Kier alpha value is -1.18. The monoisotopic (exact) mass is 291 g/mol. The van der Waals surface area contributed by atoms with Crippen molar-refractivity contribution < 1.29 is 0 Å². The van der Waals surface area contributed by atoms with Crippen LogP contribution in [0.3, 0.4) is 0 Å². The van der Waals surface area contributed by atoms with Crippen molar-refractivity contribution >= 4 is 28.9 Å². The normalized spacial score (nSPS) is 14.3. The molecule has 2 aromatic rings. The third-order valence-corrected chi connectivity index (χ3v) is 4.32. The van der Waals surface area contributed by atoms with Crippen molar-refractivity contribution in [1.29, 1.82) is 0 Å². The second-order valence-electron chi connectivity index (χ2n) is 4.81. The highest BCUT2D eigenvalue weighted by atomic mass is 35.5. The highest BCUT2D eigenvalue weighted by Crippen LogP contribution is 2.32. The zero-order chi connectivity index (χ0) is 13.2. The largest absolute Gasteiger partial charge is 0.367 e. The van der Waals surface area contributed by atoms with Crippen LogP contribution in [-0.2, 0) is 18.8 Å². The van der Waals surface area contributed by atoms with Crippen LogP contribution in [0, 0.1) is 0 Å². The summed E-state index contributed by atoms with van der Waals surface area (Å²) in [6.07, 6.45) is 1.07. The second kappa shape index (κ2) is 5.44. The molecule has 1 aliphatic heterocycles. The molecule has 1 heterocycles. The maximum absolute atomic E-state index is 6.24. The fraction of sp³-hybridized carbons (Fsp3) is 0.250. The van der Waals surface area contributed by atoms with Gasteiger partial charge < -0.3 is 4.90 Å². The molecular weight excluding hydrogens is 277 g/mol. The molecule has 0 unspecified atom stereocenters. The number of nitrogens with zero attached hydrogens (tertiary/aromatic N) is 1. The van der Waals surface area contributed by atoms with Gasteiger partial charge in [-0.25, -0.2) is 0 Å². The lowest BCUT2D eigenvalue weighted by atomic mass is 9.99. The first-order valence-corrected chi connectivity index (χ1v) is 7.36. The van der Waals surface area contributed by atoms with Gasteiger partial charge in [0.1, 0.15) is 0 Å². The molecule has 0 radical (unpaired) electrons. The van der Waals surface area contributed by atoms with Gasteiger partial charge in [0.25, 0.3) is 0 Å². The number of halogens is 2. The fourth-order valence-electron chi connectivity index (χ4n) is 2.68. The summed E-state index contributed by atoms with van der Waals surface area (Å²) in [7, 11) is 0. The van der Waals surface area contributed by atoms with Gasteiger partial charge >= 0.3 is 0 Å². The third kappa shape index (κ3) is 2.45. The predicted octanol–water partition coefficient (Wildman–Crippen LogP) is 4.64. The zero-order valence-corrected chi connectivity index (χ0v) is 12.1. The molecule has 0 saturated heterocycles. The summed E-state index contributed by atoms with van der Waals surface area (Å²) in [6.45, 7) is 1.95. The Labute approximate surface area is 123 Å². The lowest BCUT2D eigenvalue weighted by Crippen LogP contribution is -2.31. The summed E-state index contributed by atoms with van der Waals surface area (Å²) in [5.41, 5.74) is 5.05. The molecular formula is C16H15Cl2N. The first-order valence-electron chi connectivity index (χ1n) is 6.44. The number of alkyl halides is 1. The Morgan fingerprint density at radius 3 is 2.58 bits per heavy atom. The van der Waals surface area contributed by atoms with Crippen LogP contribution in [-0.4, -0.2) is 6.54 Å². The Morgan fingerprint density at radius 1 is 1.00 bits per heavy atom. The maximum Gasteiger partial charge on any atom is 0.0509 e. The van der Waals surface area contributed by atoms with E-state index in [-0.39, 0.29) is 0 Å². The van der Waals surface area contributed by atoms with Crippen LogP contribution in [0.2, 0.25) is 5.02 Å². The summed E-state index contributed by atoms with van der Waals surface area (Å²) < 4.78 is 0. The summed E-state index contributed by atoms with van der Waals surface area (Å²) in [4.78, 5) is 2.37. The van der Waals surface area contributed by atoms with Crippen molar-refractivity contribution in [3.8, 4) is 0 Å². The van der Waals surface area contributed by atoms with Gasteiger partial charge in [0.05, 0.1) is 5.88 Å². The molecule has 98 valence electrons. The molecule has 0 fully saturated rings. The van der Waals surface area contributed by atoms with Gasteiger partial charge in [0, 0.05) is 29.4 Å². The molecule has 1 aliphatic rings.